The average molecular weight is 334 g/mol. The molecule has 112 valence electrons. The summed E-state index contributed by atoms with van der Waals surface area (Å²) in [7, 11) is 1.95. The molecule has 0 fully saturated rings. The molecule has 3 rings (SSSR count). The number of amides is 1. The van der Waals surface area contributed by atoms with Gasteiger partial charge in [0.2, 0.25) is 0 Å². The third-order valence-electron chi connectivity index (χ3n) is 3.54. The lowest BCUT2D eigenvalue weighted by molar-refractivity contribution is 0.102. The van der Waals surface area contributed by atoms with Crippen LogP contribution in [0.5, 0.6) is 0 Å². The maximum atomic E-state index is 12.3. The Balaban J connectivity index is 1.90. The molecular weight excluding hydrogens is 321 g/mol. The predicted octanol–water partition coefficient (Wildman–Crippen LogP) is 4.44. The van der Waals surface area contributed by atoms with Crippen molar-refractivity contribution in [2.24, 2.45) is 7.05 Å². The van der Waals surface area contributed by atoms with Crippen LogP contribution in [0.3, 0.4) is 0 Å². The highest BCUT2D eigenvalue weighted by Gasteiger charge is 2.12. The molecule has 0 aliphatic heterocycles. The fraction of sp³-hybridized carbons (Fsp3) is 0.125. The molecule has 1 aromatic heterocycles. The number of hydrogen-bond acceptors (Lipinski definition) is 2. The molecule has 22 heavy (non-hydrogen) atoms. The van der Waals surface area contributed by atoms with E-state index in [0.717, 1.165) is 16.9 Å². The number of carbonyl (C=O) groups excluding carboxylic acids is 1. The maximum Gasteiger partial charge on any atom is 0.257 e. The topological polar surface area (TPSA) is 46.9 Å². The van der Waals surface area contributed by atoms with Crippen molar-refractivity contribution in [2.75, 3.05) is 5.32 Å². The van der Waals surface area contributed by atoms with Gasteiger partial charge in [-0.15, -0.1) is 0 Å². The summed E-state index contributed by atoms with van der Waals surface area (Å²) in [5, 5.41) is 3.64. The number of nitrogens with one attached hydrogen (secondary N) is 1. The van der Waals surface area contributed by atoms with Crippen LogP contribution < -0.4 is 5.32 Å². The summed E-state index contributed by atoms with van der Waals surface area (Å²) in [6, 6.07) is 10.4. The van der Waals surface area contributed by atoms with Crippen molar-refractivity contribution in [3.63, 3.8) is 0 Å². The van der Waals surface area contributed by atoms with Gasteiger partial charge in [0, 0.05) is 17.8 Å². The number of halogens is 2. The minimum Gasteiger partial charge on any atom is -0.331 e. The van der Waals surface area contributed by atoms with E-state index in [0.29, 0.717) is 21.3 Å². The Morgan fingerprint density at radius 1 is 1.18 bits per heavy atom. The van der Waals surface area contributed by atoms with E-state index >= 15 is 0 Å². The zero-order valence-corrected chi connectivity index (χ0v) is 13.5. The molecular formula is C16H13Cl2N3O. The Morgan fingerprint density at radius 3 is 2.68 bits per heavy atom. The second-order valence-electron chi connectivity index (χ2n) is 5.00. The van der Waals surface area contributed by atoms with E-state index in [2.05, 4.69) is 10.3 Å². The number of rotatable bonds is 2. The van der Waals surface area contributed by atoms with Gasteiger partial charge < -0.3 is 9.88 Å². The highest BCUT2D eigenvalue weighted by Crippen LogP contribution is 2.23. The van der Waals surface area contributed by atoms with Crippen LogP contribution in [0.1, 0.15) is 16.2 Å². The fourth-order valence-corrected chi connectivity index (χ4v) is 2.76. The Labute approximate surface area is 137 Å². The van der Waals surface area contributed by atoms with Crippen molar-refractivity contribution < 1.29 is 4.79 Å². The summed E-state index contributed by atoms with van der Waals surface area (Å²) in [6.07, 6.45) is 0. The normalized spacial score (nSPS) is 10.9. The van der Waals surface area contributed by atoms with Gasteiger partial charge in [-0.1, -0.05) is 23.2 Å². The van der Waals surface area contributed by atoms with Crippen LogP contribution in [0.2, 0.25) is 10.0 Å². The molecule has 4 nitrogen and oxygen atoms in total. The second kappa shape index (κ2) is 5.63. The lowest BCUT2D eigenvalue weighted by Gasteiger charge is -2.07. The number of imidazole rings is 1. The molecule has 0 bridgehead atoms. The first-order valence-electron chi connectivity index (χ1n) is 6.65. The highest BCUT2D eigenvalue weighted by atomic mass is 35.5. The van der Waals surface area contributed by atoms with Crippen LogP contribution in [-0.4, -0.2) is 15.5 Å². The molecule has 0 radical (unpaired) electrons. The van der Waals surface area contributed by atoms with Gasteiger partial charge in [0.05, 0.1) is 21.6 Å². The number of hydrogen-bond donors (Lipinski definition) is 1. The summed E-state index contributed by atoms with van der Waals surface area (Å²) in [4.78, 5) is 16.7. The molecule has 0 aliphatic rings. The van der Waals surface area contributed by atoms with E-state index in [1.807, 2.05) is 36.7 Å². The monoisotopic (exact) mass is 333 g/mol. The smallest absolute Gasteiger partial charge is 0.257 e. The summed E-state index contributed by atoms with van der Waals surface area (Å²) in [5.41, 5.74) is 2.89. The Hall–Kier alpha value is -2.04. The summed E-state index contributed by atoms with van der Waals surface area (Å²) < 4.78 is 2.00. The SMILES string of the molecule is Cc1nc2cc(NC(=O)c3ccc(Cl)cc3Cl)ccc2n1C. The minimum atomic E-state index is -0.284. The van der Waals surface area contributed by atoms with Crippen LogP contribution in [0.4, 0.5) is 5.69 Å². The van der Waals surface area contributed by atoms with Gasteiger partial charge >= 0.3 is 0 Å². The summed E-state index contributed by atoms with van der Waals surface area (Å²) in [6.45, 7) is 1.94. The van der Waals surface area contributed by atoms with Crippen molar-refractivity contribution in [3.8, 4) is 0 Å². The lowest BCUT2D eigenvalue weighted by atomic mass is 10.2. The van der Waals surface area contributed by atoms with E-state index in [-0.39, 0.29) is 5.91 Å². The number of benzene rings is 2. The molecule has 1 N–H and O–H groups in total. The first kappa shape index (κ1) is 14.9. The van der Waals surface area contributed by atoms with Crippen LogP contribution >= 0.6 is 23.2 Å². The highest BCUT2D eigenvalue weighted by molar-refractivity contribution is 6.37. The van der Waals surface area contributed by atoms with Gasteiger partial charge in [0.1, 0.15) is 5.82 Å². The molecule has 0 saturated carbocycles. The van der Waals surface area contributed by atoms with Crippen molar-refractivity contribution in [3.05, 3.63) is 57.8 Å². The van der Waals surface area contributed by atoms with Crippen LogP contribution in [0.15, 0.2) is 36.4 Å². The molecule has 0 aliphatic carbocycles. The molecule has 2 aromatic carbocycles. The second-order valence-corrected chi connectivity index (χ2v) is 5.84. The van der Waals surface area contributed by atoms with Crippen molar-refractivity contribution in [1.29, 1.82) is 0 Å². The number of aryl methyl sites for hydroxylation is 2. The Kier molecular flexibility index (Phi) is 3.81. The van der Waals surface area contributed by atoms with E-state index in [4.69, 9.17) is 23.2 Å². The van der Waals surface area contributed by atoms with Crippen molar-refractivity contribution >= 4 is 45.8 Å². The zero-order valence-electron chi connectivity index (χ0n) is 12.0. The molecule has 6 heteroatoms. The van der Waals surface area contributed by atoms with Crippen LogP contribution in [0, 0.1) is 6.92 Å². The molecule has 0 saturated heterocycles. The quantitative estimate of drug-likeness (QED) is 0.753. The summed E-state index contributed by atoms with van der Waals surface area (Å²) in [5.74, 6) is 0.632. The number of carbonyl (C=O) groups is 1. The third kappa shape index (κ3) is 2.67. The number of aromatic nitrogens is 2. The van der Waals surface area contributed by atoms with E-state index < -0.39 is 0 Å². The van der Waals surface area contributed by atoms with Gasteiger partial charge in [0.15, 0.2) is 0 Å². The van der Waals surface area contributed by atoms with Crippen LogP contribution in [0.25, 0.3) is 11.0 Å². The molecule has 0 unspecified atom stereocenters. The van der Waals surface area contributed by atoms with E-state index in [1.165, 1.54) is 0 Å². The van der Waals surface area contributed by atoms with Gasteiger partial charge in [-0.2, -0.15) is 0 Å². The number of nitrogens with zero attached hydrogens (tertiary/aromatic N) is 2. The number of anilines is 1. The first-order valence-corrected chi connectivity index (χ1v) is 7.41. The zero-order chi connectivity index (χ0) is 15.9. The average Bonchev–Trinajstić information content (AvgIpc) is 2.73. The Morgan fingerprint density at radius 2 is 1.95 bits per heavy atom. The molecule has 1 heterocycles. The van der Waals surface area contributed by atoms with Crippen molar-refractivity contribution in [2.45, 2.75) is 6.92 Å². The van der Waals surface area contributed by atoms with Gasteiger partial charge in [-0.05, 0) is 43.3 Å². The van der Waals surface area contributed by atoms with Crippen LogP contribution in [-0.2, 0) is 7.05 Å². The molecule has 3 aromatic rings. The first-order chi connectivity index (χ1) is 10.5. The molecule has 0 spiro atoms. The third-order valence-corrected chi connectivity index (χ3v) is 4.09. The Bertz CT molecular complexity index is 886. The minimum absolute atomic E-state index is 0.284. The van der Waals surface area contributed by atoms with Crippen molar-refractivity contribution in [1.82, 2.24) is 9.55 Å². The molecule has 1 amide bonds. The maximum absolute atomic E-state index is 12.3. The standard InChI is InChI=1S/C16H13Cl2N3O/c1-9-19-14-8-11(4-6-15(14)21(9)2)20-16(22)12-5-3-10(17)7-13(12)18/h3-8H,1-2H3,(H,20,22). The van der Waals surface area contributed by atoms with E-state index in [1.54, 1.807) is 18.2 Å². The molecule has 0 atom stereocenters. The van der Waals surface area contributed by atoms with Gasteiger partial charge in [-0.3, -0.25) is 4.79 Å². The predicted molar refractivity (Wildman–Crippen MR) is 89.9 cm³/mol. The largest absolute Gasteiger partial charge is 0.331 e. The number of fused-ring (bicyclic) bond motifs is 1. The fourth-order valence-electron chi connectivity index (χ4n) is 2.27. The lowest BCUT2D eigenvalue weighted by Crippen LogP contribution is -2.12. The summed E-state index contributed by atoms with van der Waals surface area (Å²) >= 11 is 11.9. The van der Waals surface area contributed by atoms with Gasteiger partial charge in [0.25, 0.3) is 5.91 Å². The van der Waals surface area contributed by atoms with Gasteiger partial charge in [-0.25, -0.2) is 4.98 Å². The van der Waals surface area contributed by atoms with E-state index in [9.17, 15) is 4.79 Å².